The molecule has 1 nitrogen and oxygen atoms in total. The van der Waals surface area contributed by atoms with Gasteiger partial charge in [-0.1, -0.05) is 133 Å². The highest BCUT2D eigenvalue weighted by molar-refractivity contribution is 5.58. The van der Waals surface area contributed by atoms with Gasteiger partial charge in [0.25, 0.3) is 0 Å². The van der Waals surface area contributed by atoms with Gasteiger partial charge in [0.2, 0.25) is 0 Å². The first-order valence-corrected chi connectivity index (χ1v) is 11.3. The largest absolute Gasteiger partial charge is 0.508 e. The van der Waals surface area contributed by atoms with E-state index in [0.717, 1.165) is 5.56 Å². The van der Waals surface area contributed by atoms with Crippen LogP contribution in [0.5, 0.6) is 5.75 Å². The molecule has 0 aromatic heterocycles. The van der Waals surface area contributed by atoms with Crippen molar-refractivity contribution in [2.24, 2.45) is 0 Å². The van der Waals surface area contributed by atoms with Crippen LogP contribution in [0, 0.1) is 0 Å². The number of rotatable bonds is 6. The van der Waals surface area contributed by atoms with E-state index in [1.165, 1.54) is 22.3 Å². The van der Waals surface area contributed by atoms with Crippen molar-refractivity contribution in [1.29, 1.82) is 0 Å². The maximum absolute atomic E-state index is 10.1. The molecule has 5 aromatic rings. The Morgan fingerprint density at radius 2 is 0.727 bits per heavy atom. The molecule has 1 N–H and O–H groups in total. The second kappa shape index (κ2) is 9.18. The Hall–Kier alpha value is -4.10. The van der Waals surface area contributed by atoms with Gasteiger partial charge in [0.1, 0.15) is 5.75 Å². The summed E-state index contributed by atoms with van der Waals surface area (Å²) in [6.45, 7) is 0. The average Bonchev–Trinajstić information content (AvgIpc) is 2.90. The molecular weight excluding hydrogens is 400 g/mol. The van der Waals surface area contributed by atoms with Crippen LogP contribution >= 0.6 is 0 Å². The van der Waals surface area contributed by atoms with E-state index in [1.807, 2.05) is 0 Å². The molecule has 5 aromatic carbocycles. The van der Waals surface area contributed by atoms with Crippen LogP contribution in [0.15, 0.2) is 146 Å². The molecule has 1 atom stereocenters. The Kier molecular flexibility index (Phi) is 5.78. The summed E-state index contributed by atoms with van der Waals surface area (Å²) in [5.74, 6) is 0.252. The Morgan fingerprint density at radius 3 is 1.12 bits per heavy atom. The van der Waals surface area contributed by atoms with Gasteiger partial charge in [0.05, 0.1) is 5.41 Å². The van der Waals surface area contributed by atoms with Crippen molar-refractivity contribution in [3.63, 3.8) is 0 Å². The molecular formula is C32H26O. The fraction of sp³-hybridized carbons (Fsp3) is 0.0625. The van der Waals surface area contributed by atoms with Crippen LogP contribution in [-0.4, -0.2) is 5.11 Å². The summed E-state index contributed by atoms with van der Waals surface area (Å²) in [5.41, 5.74) is 5.57. The Morgan fingerprint density at radius 1 is 0.394 bits per heavy atom. The molecule has 0 heterocycles. The standard InChI is InChI=1S/C32H26O/c33-30-23-21-26(22-24-30)31(25-13-5-1-6-14-25)32(27-15-7-2-8-16-27,28-17-9-3-10-18-28)29-19-11-4-12-20-29/h1-24,31,33H. The van der Waals surface area contributed by atoms with Gasteiger partial charge in [-0.05, 0) is 39.9 Å². The third-order valence-corrected chi connectivity index (χ3v) is 6.48. The van der Waals surface area contributed by atoms with E-state index >= 15 is 0 Å². The zero-order valence-electron chi connectivity index (χ0n) is 18.4. The van der Waals surface area contributed by atoms with Crippen molar-refractivity contribution in [3.05, 3.63) is 173 Å². The van der Waals surface area contributed by atoms with Crippen molar-refractivity contribution in [3.8, 4) is 5.75 Å². The van der Waals surface area contributed by atoms with Gasteiger partial charge in [0, 0.05) is 5.92 Å². The second-order valence-corrected chi connectivity index (χ2v) is 8.34. The molecule has 0 aliphatic rings. The number of phenolic OH excluding ortho intramolecular Hbond substituents is 1. The van der Waals surface area contributed by atoms with E-state index in [9.17, 15) is 5.11 Å². The fourth-order valence-corrected chi connectivity index (χ4v) is 5.11. The fourth-order valence-electron chi connectivity index (χ4n) is 5.11. The highest BCUT2D eigenvalue weighted by Gasteiger charge is 2.45. The molecule has 0 bridgehead atoms. The quantitative estimate of drug-likeness (QED) is 0.278. The average molecular weight is 427 g/mol. The molecule has 160 valence electrons. The van der Waals surface area contributed by atoms with Crippen molar-refractivity contribution in [2.45, 2.75) is 11.3 Å². The Bertz CT molecular complexity index is 1180. The van der Waals surface area contributed by atoms with E-state index in [2.05, 4.69) is 133 Å². The zero-order valence-corrected chi connectivity index (χ0v) is 18.4. The predicted molar refractivity (Wildman–Crippen MR) is 136 cm³/mol. The van der Waals surface area contributed by atoms with Gasteiger partial charge in [-0.2, -0.15) is 0 Å². The van der Waals surface area contributed by atoms with E-state index in [-0.39, 0.29) is 11.7 Å². The normalized spacial score (nSPS) is 12.2. The number of hydrogen-bond donors (Lipinski definition) is 1. The lowest BCUT2D eigenvalue weighted by Crippen LogP contribution is -2.37. The molecule has 0 radical (unpaired) electrons. The first-order chi connectivity index (χ1) is 16.3. The van der Waals surface area contributed by atoms with Crippen LogP contribution < -0.4 is 0 Å². The lowest BCUT2D eigenvalue weighted by molar-refractivity contribution is 0.474. The number of benzene rings is 5. The lowest BCUT2D eigenvalue weighted by atomic mass is 9.58. The summed E-state index contributed by atoms with van der Waals surface area (Å²) in [6, 6.07) is 50.7. The van der Waals surface area contributed by atoms with E-state index in [1.54, 1.807) is 12.1 Å². The van der Waals surface area contributed by atoms with Crippen LogP contribution in [0.25, 0.3) is 0 Å². The van der Waals surface area contributed by atoms with Gasteiger partial charge in [0.15, 0.2) is 0 Å². The van der Waals surface area contributed by atoms with E-state index < -0.39 is 5.41 Å². The number of hydrogen-bond acceptors (Lipinski definition) is 1. The summed E-state index contributed by atoms with van der Waals surface area (Å²) in [7, 11) is 0. The SMILES string of the molecule is Oc1ccc(C(c2ccccc2)C(c2ccccc2)(c2ccccc2)c2ccccc2)cc1. The predicted octanol–water partition coefficient (Wildman–Crippen LogP) is 7.56. The lowest BCUT2D eigenvalue weighted by Gasteiger charge is -2.43. The topological polar surface area (TPSA) is 20.2 Å². The van der Waals surface area contributed by atoms with Crippen molar-refractivity contribution < 1.29 is 5.11 Å². The highest BCUT2D eigenvalue weighted by Crippen LogP contribution is 2.52. The summed E-state index contributed by atoms with van der Waals surface area (Å²) in [6.07, 6.45) is 0. The zero-order chi connectivity index (χ0) is 22.5. The number of phenols is 1. The molecule has 0 fully saturated rings. The third kappa shape index (κ3) is 3.83. The molecule has 0 aliphatic heterocycles. The van der Waals surface area contributed by atoms with Crippen LogP contribution in [0.1, 0.15) is 33.7 Å². The Labute approximate surface area is 195 Å². The molecule has 0 saturated heterocycles. The van der Waals surface area contributed by atoms with Crippen LogP contribution in [0.2, 0.25) is 0 Å². The minimum atomic E-state index is -0.484. The van der Waals surface area contributed by atoms with Crippen molar-refractivity contribution in [2.75, 3.05) is 0 Å². The molecule has 1 heteroatoms. The third-order valence-electron chi connectivity index (χ3n) is 6.48. The van der Waals surface area contributed by atoms with Crippen molar-refractivity contribution in [1.82, 2.24) is 0 Å². The molecule has 5 rings (SSSR count). The van der Waals surface area contributed by atoms with E-state index in [4.69, 9.17) is 0 Å². The van der Waals surface area contributed by atoms with Crippen molar-refractivity contribution >= 4 is 0 Å². The monoisotopic (exact) mass is 426 g/mol. The first kappa shape index (κ1) is 20.8. The summed E-state index contributed by atoms with van der Waals surface area (Å²) in [5, 5.41) is 10.1. The van der Waals surface area contributed by atoms with Gasteiger partial charge >= 0.3 is 0 Å². The van der Waals surface area contributed by atoms with Gasteiger partial charge < -0.3 is 5.11 Å². The van der Waals surface area contributed by atoms with Crippen LogP contribution in [-0.2, 0) is 5.41 Å². The Balaban J connectivity index is 1.94. The molecule has 0 spiro atoms. The molecule has 33 heavy (non-hydrogen) atoms. The minimum absolute atomic E-state index is 0.0218. The maximum Gasteiger partial charge on any atom is 0.115 e. The number of aromatic hydroxyl groups is 1. The van der Waals surface area contributed by atoms with E-state index in [0.29, 0.717) is 0 Å². The van der Waals surface area contributed by atoms with Crippen LogP contribution in [0.3, 0.4) is 0 Å². The molecule has 0 aliphatic carbocycles. The highest BCUT2D eigenvalue weighted by atomic mass is 16.3. The smallest absolute Gasteiger partial charge is 0.115 e. The van der Waals surface area contributed by atoms with Gasteiger partial charge in [-0.15, -0.1) is 0 Å². The molecule has 0 saturated carbocycles. The molecule has 1 unspecified atom stereocenters. The van der Waals surface area contributed by atoms with Gasteiger partial charge in [-0.25, -0.2) is 0 Å². The van der Waals surface area contributed by atoms with Crippen LogP contribution in [0.4, 0.5) is 0 Å². The second-order valence-electron chi connectivity index (χ2n) is 8.34. The summed E-state index contributed by atoms with van der Waals surface area (Å²) < 4.78 is 0. The summed E-state index contributed by atoms with van der Waals surface area (Å²) in [4.78, 5) is 0. The first-order valence-electron chi connectivity index (χ1n) is 11.3. The maximum atomic E-state index is 10.1. The minimum Gasteiger partial charge on any atom is -0.508 e. The molecule has 0 amide bonds. The summed E-state index contributed by atoms with van der Waals surface area (Å²) >= 11 is 0. The van der Waals surface area contributed by atoms with Gasteiger partial charge in [-0.3, -0.25) is 0 Å².